The lowest BCUT2D eigenvalue weighted by molar-refractivity contribution is -0.121. The van der Waals surface area contributed by atoms with Crippen LogP contribution in [0.2, 0.25) is 0 Å². The van der Waals surface area contributed by atoms with Crippen LogP contribution in [0.1, 0.15) is 39.5 Å². The predicted octanol–water partition coefficient (Wildman–Crippen LogP) is 1.30. The summed E-state index contributed by atoms with van der Waals surface area (Å²) >= 11 is 0. The standard InChI is InChI=1S/C11H21F3N2O3S/c1-9(2)3-5-10(17,6-4-9)7-15-20(18,19)16-8-11(12,13)14/h15-17H,3-8H2,1-2H3. The summed E-state index contributed by atoms with van der Waals surface area (Å²) in [5, 5.41) is 10.2. The first-order chi connectivity index (χ1) is 8.83. The van der Waals surface area contributed by atoms with Crippen LogP contribution in [0, 0.1) is 5.41 Å². The van der Waals surface area contributed by atoms with Gasteiger partial charge in [-0.3, -0.25) is 0 Å². The van der Waals surface area contributed by atoms with Crippen LogP contribution in [-0.2, 0) is 10.2 Å². The maximum atomic E-state index is 11.9. The Kier molecular flexibility index (Phi) is 5.11. The highest BCUT2D eigenvalue weighted by Crippen LogP contribution is 2.39. The molecule has 0 bridgehead atoms. The molecule has 9 heteroatoms. The van der Waals surface area contributed by atoms with Crippen molar-refractivity contribution in [2.45, 2.75) is 51.3 Å². The highest BCUT2D eigenvalue weighted by Gasteiger charge is 2.37. The van der Waals surface area contributed by atoms with E-state index in [2.05, 4.69) is 13.8 Å². The molecule has 3 N–H and O–H groups in total. The molecule has 0 spiro atoms. The van der Waals surface area contributed by atoms with Crippen LogP contribution in [0.25, 0.3) is 0 Å². The monoisotopic (exact) mass is 318 g/mol. The smallest absolute Gasteiger partial charge is 0.389 e. The van der Waals surface area contributed by atoms with E-state index < -0.39 is 28.5 Å². The van der Waals surface area contributed by atoms with Crippen molar-refractivity contribution in [1.82, 2.24) is 9.44 Å². The van der Waals surface area contributed by atoms with Gasteiger partial charge in [-0.1, -0.05) is 13.8 Å². The molecule has 5 nitrogen and oxygen atoms in total. The van der Waals surface area contributed by atoms with E-state index >= 15 is 0 Å². The molecule has 1 rings (SSSR count). The van der Waals surface area contributed by atoms with Gasteiger partial charge < -0.3 is 5.11 Å². The molecule has 0 aromatic carbocycles. The quantitative estimate of drug-likeness (QED) is 0.715. The molecular weight excluding hydrogens is 297 g/mol. The zero-order valence-corrected chi connectivity index (χ0v) is 12.4. The molecule has 0 heterocycles. The van der Waals surface area contributed by atoms with E-state index in [0.29, 0.717) is 12.8 Å². The minimum Gasteiger partial charge on any atom is -0.389 e. The Morgan fingerprint density at radius 2 is 1.60 bits per heavy atom. The SMILES string of the molecule is CC1(C)CCC(O)(CNS(=O)(=O)NCC(F)(F)F)CC1. The van der Waals surface area contributed by atoms with Crippen LogP contribution in [0.15, 0.2) is 0 Å². The molecule has 120 valence electrons. The maximum absolute atomic E-state index is 11.9. The summed E-state index contributed by atoms with van der Waals surface area (Å²) in [6, 6.07) is 0. The molecule has 0 atom stereocenters. The lowest BCUT2D eigenvalue weighted by Gasteiger charge is -2.40. The van der Waals surface area contributed by atoms with Gasteiger partial charge in [-0.15, -0.1) is 0 Å². The summed E-state index contributed by atoms with van der Waals surface area (Å²) in [6.45, 7) is 2.20. The highest BCUT2D eigenvalue weighted by atomic mass is 32.2. The fraction of sp³-hybridized carbons (Fsp3) is 1.00. The van der Waals surface area contributed by atoms with E-state index in [1.165, 1.54) is 4.72 Å². The van der Waals surface area contributed by atoms with Crippen molar-refractivity contribution in [3.05, 3.63) is 0 Å². The van der Waals surface area contributed by atoms with Gasteiger partial charge in [-0.25, -0.2) is 0 Å². The number of alkyl halides is 3. The van der Waals surface area contributed by atoms with Gasteiger partial charge >= 0.3 is 6.18 Å². The number of hydrogen-bond acceptors (Lipinski definition) is 3. The van der Waals surface area contributed by atoms with E-state index in [4.69, 9.17) is 0 Å². The molecule has 1 aliphatic rings. The second-order valence-corrected chi connectivity index (χ2v) is 7.73. The van der Waals surface area contributed by atoms with Gasteiger partial charge in [0.2, 0.25) is 0 Å². The van der Waals surface area contributed by atoms with Gasteiger partial charge in [-0.2, -0.15) is 31.0 Å². The summed E-state index contributed by atoms with van der Waals surface area (Å²) in [4.78, 5) is 0. The first-order valence-corrected chi connectivity index (χ1v) is 7.84. The second-order valence-electron chi connectivity index (χ2n) is 6.15. The van der Waals surface area contributed by atoms with Crippen molar-refractivity contribution in [1.29, 1.82) is 0 Å². The van der Waals surface area contributed by atoms with Gasteiger partial charge in [0.25, 0.3) is 10.2 Å². The molecule has 0 radical (unpaired) electrons. The number of rotatable bonds is 5. The highest BCUT2D eigenvalue weighted by molar-refractivity contribution is 7.87. The fourth-order valence-electron chi connectivity index (χ4n) is 2.03. The Hall–Kier alpha value is -0.380. The van der Waals surface area contributed by atoms with E-state index in [9.17, 15) is 26.7 Å². The van der Waals surface area contributed by atoms with Crippen LogP contribution in [0.5, 0.6) is 0 Å². The Bertz CT molecular complexity index is 425. The third-order valence-corrected chi connectivity index (χ3v) is 4.64. The van der Waals surface area contributed by atoms with Crippen LogP contribution in [0.3, 0.4) is 0 Å². The van der Waals surface area contributed by atoms with Crippen LogP contribution < -0.4 is 9.44 Å². The van der Waals surface area contributed by atoms with E-state index in [1.807, 2.05) is 4.72 Å². The summed E-state index contributed by atoms with van der Waals surface area (Å²) in [6.07, 6.45) is -2.30. The largest absolute Gasteiger partial charge is 0.402 e. The molecule has 0 aliphatic heterocycles. The summed E-state index contributed by atoms with van der Waals surface area (Å²) in [5.41, 5.74) is -1.10. The average Bonchev–Trinajstić information content (AvgIpc) is 2.29. The lowest BCUT2D eigenvalue weighted by Crippen LogP contribution is -2.50. The number of hydrogen-bond donors (Lipinski definition) is 3. The van der Waals surface area contributed by atoms with E-state index in [0.717, 1.165) is 12.8 Å². The van der Waals surface area contributed by atoms with Gasteiger partial charge in [0, 0.05) is 6.54 Å². The molecule has 20 heavy (non-hydrogen) atoms. The third-order valence-electron chi connectivity index (χ3n) is 3.59. The van der Waals surface area contributed by atoms with Crippen molar-refractivity contribution < 1.29 is 26.7 Å². The average molecular weight is 318 g/mol. The molecule has 0 saturated heterocycles. The van der Waals surface area contributed by atoms with Gasteiger partial charge in [0.15, 0.2) is 0 Å². The van der Waals surface area contributed by atoms with E-state index in [1.54, 1.807) is 0 Å². The molecule has 1 saturated carbocycles. The number of halogens is 3. The summed E-state index contributed by atoms with van der Waals surface area (Å²) in [7, 11) is -4.26. The zero-order valence-electron chi connectivity index (χ0n) is 11.5. The van der Waals surface area contributed by atoms with Gasteiger partial charge in [0.05, 0.1) is 5.60 Å². The Balaban J connectivity index is 2.46. The van der Waals surface area contributed by atoms with Crippen molar-refractivity contribution >= 4 is 10.2 Å². The summed E-state index contributed by atoms with van der Waals surface area (Å²) < 4.78 is 61.9. The second kappa shape index (κ2) is 5.78. The molecule has 0 amide bonds. The lowest BCUT2D eigenvalue weighted by atomic mass is 9.71. The number of nitrogens with one attached hydrogen (secondary N) is 2. The topological polar surface area (TPSA) is 78.4 Å². The van der Waals surface area contributed by atoms with Gasteiger partial charge in [-0.05, 0) is 31.1 Å². The first kappa shape index (κ1) is 17.7. The van der Waals surface area contributed by atoms with Crippen molar-refractivity contribution in [3.63, 3.8) is 0 Å². The zero-order chi connectivity index (χ0) is 15.7. The van der Waals surface area contributed by atoms with Crippen molar-refractivity contribution in [3.8, 4) is 0 Å². The van der Waals surface area contributed by atoms with Gasteiger partial charge in [0.1, 0.15) is 6.54 Å². The predicted molar refractivity (Wildman–Crippen MR) is 68.2 cm³/mol. The van der Waals surface area contributed by atoms with Crippen molar-refractivity contribution in [2.75, 3.05) is 13.1 Å². The molecule has 0 aromatic heterocycles. The molecule has 1 aliphatic carbocycles. The first-order valence-electron chi connectivity index (χ1n) is 6.36. The Labute approximate surface area is 117 Å². The van der Waals surface area contributed by atoms with Crippen molar-refractivity contribution in [2.24, 2.45) is 5.41 Å². The maximum Gasteiger partial charge on any atom is 0.402 e. The molecule has 1 fully saturated rings. The number of aliphatic hydroxyl groups is 1. The van der Waals surface area contributed by atoms with Crippen LogP contribution in [-0.4, -0.2) is 38.4 Å². The molecule has 0 aromatic rings. The van der Waals surface area contributed by atoms with Crippen LogP contribution in [0.4, 0.5) is 13.2 Å². The summed E-state index contributed by atoms with van der Waals surface area (Å²) in [5.74, 6) is 0. The Morgan fingerprint density at radius 1 is 1.10 bits per heavy atom. The fourth-order valence-corrected chi connectivity index (χ4v) is 2.94. The minimum atomic E-state index is -4.61. The minimum absolute atomic E-state index is 0.0969. The molecule has 0 unspecified atom stereocenters. The van der Waals surface area contributed by atoms with Crippen LogP contribution >= 0.6 is 0 Å². The Morgan fingerprint density at radius 3 is 2.05 bits per heavy atom. The third kappa shape index (κ3) is 6.38. The normalized spacial score (nSPS) is 22.7. The molecular formula is C11H21F3N2O3S. The van der Waals surface area contributed by atoms with E-state index in [-0.39, 0.29) is 12.0 Å².